The predicted octanol–water partition coefficient (Wildman–Crippen LogP) is 1.31. The molecule has 0 aliphatic carbocycles. The predicted molar refractivity (Wildman–Crippen MR) is 76.0 cm³/mol. The van der Waals surface area contributed by atoms with Crippen LogP contribution in [0.1, 0.15) is 4.88 Å². The second kappa shape index (κ2) is 7.84. The van der Waals surface area contributed by atoms with Gasteiger partial charge in [-0.25, -0.2) is 0 Å². The first-order valence-corrected chi connectivity index (χ1v) is 6.60. The lowest BCUT2D eigenvalue weighted by atomic mass is 10.3. The van der Waals surface area contributed by atoms with Crippen molar-refractivity contribution in [2.24, 2.45) is 0 Å². The Morgan fingerprint density at radius 2 is 1.79 bits per heavy atom. The summed E-state index contributed by atoms with van der Waals surface area (Å²) >= 11 is 1.32. The SMILES string of the molecule is COCCN(CCOC)c1sc(C#N)c(N)c1OC. The number of methoxy groups -OCH3 is 3. The molecule has 106 valence electrons. The van der Waals surface area contributed by atoms with Crippen LogP contribution >= 0.6 is 11.3 Å². The van der Waals surface area contributed by atoms with Crippen molar-refractivity contribution in [3.05, 3.63) is 4.88 Å². The summed E-state index contributed by atoms with van der Waals surface area (Å²) < 4.78 is 15.5. The van der Waals surface area contributed by atoms with Crippen molar-refractivity contribution in [1.82, 2.24) is 0 Å². The van der Waals surface area contributed by atoms with E-state index in [9.17, 15) is 0 Å². The molecule has 0 unspecified atom stereocenters. The van der Waals surface area contributed by atoms with Crippen molar-refractivity contribution < 1.29 is 14.2 Å². The van der Waals surface area contributed by atoms with E-state index in [1.54, 1.807) is 21.3 Å². The summed E-state index contributed by atoms with van der Waals surface area (Å²) in [6.07, 6.45) is 0. The van der Waals surface area contributed by atoms with Crippen LogP contribution < -0.4 is 15.4 Å². The normalized spacial score (nSPS) is 10.2. The first-order valence-electron chi connectivity index (χ1n) is 5.78. The van der Waals surface area contributed by atoms with E-state index in [2.05, 4.69) is 6.07 Å². The molecule has 0 aliphatic rings. The maximum absolute atomic E-state index is 9.04. The molecule has 19 heavy (non-hydrogen) atoms. The van der Waals surface area contributed by atoms with E-state index < -0.39 is 0 Å². The molecule has 0 fully saturated rings. The zero-order chi connectivity index (χ0) is 14.3. The molecule has 1 aromatic rings. The fourth-order valence-corrected chi connectivity index (χ4v) is 2.66. The maximum Gasteiger partial charge on any atom is 0.177 e. The average molecular weight is 285 g/mol. The monoisotopic (exact) mass is 285 g/mol. The van der Waals surface area contributed by atoms with Gasteiger partial charge in [0.1, 0.15) is 21.6 Å². The maximum atomic E-state index is 9.04. The second-order valence-corrected chi connectivity index (χ2v) is 4.77. The summed E-state index contributed by atoms with van der Waals surface area (Å²) in [6.45, 7) is 2.52. The number of nitriles is 1. The van der Waals surface area contributed by atoms with Crippen LogP contribution in [0.15, 0.2) is 0 Å². The fourth-order valence-electron chi connectivity index (χ4n) is 1.62. The minimum absolute atomic E-state index is 0.393. The number of hydrogen-bond acceptors (Lipinski definition) is 7. The largest absolute Gasteiger partial charge is 0.492 e. The molecule has 0 aromatic carbocycles. The molecule has 1 heterocycles. The molecule has 0 saturated carbocycles. The number of thiophene rings is 1. The fraction of sp³-hybridized carbons (Fsp3) is 0.583. The number of nitrogens with two attached hydrogens (primary N) is 1. The molecule has 7 heteroatoms. The molecule has 6 nitrogen and oxygen atoms in total. The van der Waals surface area contributed by atoms with E-state index in [1.807, 2.05) is 4.90 Å². The number of hydrogen-bond donors (Lipinski definition) is 1. The number of nitrogens with zero attached hydrogens (tertiary/aromatic N) is 2. The van der Waals surface area contributed by atoms with Gasteiger partial charge in [0, 0.05) is 27.3 Å². The van der Waals surface area contributed by atoms with Crippen molar-refractivity contribution in [3.63, 3.8) is 0 Å². The quantitative estimate of drug-likeness (QED) is 0.775. The zero-order valence-electron chi connectivity index (χ0n) is 11.4. The van der Waals surface area contributed by atoms with Gasteiger partial charge < -0.3 is 24.8 Å². The lowest BCUT2D eigenvalue weighted by Crippen LogP contribution is -2.30. The van der Waals surface area contributed by atoms with E-state index in [4.69, 9.17) is 25.2 Å². The molecule has 0 radical (unpaired) electrons. The van der Waals surface area contributed by atoms with Gasteiger partial charge in [0.2, 0.25) is 0 Å². The van der Waals surface area contributed by atoms with Gasteiger partial charge in [0.25, 0.3) is 0 Å². The summed E-state index contributed by atoms with van der Waals surface area (Å²) in [5.74, 6) is 0.550. The Morgan fingerprint density at radius 3 is 2.21 bits per heavy atom. The van der Waals surface area contributed by atoms with Gasteiger partial charge in [-0.15, -0.1) is 11.3 Å². The highest BCUT2D eigenvalue weighted by Crippen LogP contribution is 2.44. The highest BCUT2D eigenvalue weighted by molar-refractivity contribution is 7.17. The smallest absolute Gasteiger partial charge is 0.177 e. The molecular formula is C12H19N3O3S. The second-order valence-electron chi connectivity index (χ2n) is 3.77. The highest BCUT2D eigenvalue weighted by atomic mass is 32.1. The molecule has 0 bridgehead atoms. The van der Waals surface area contributed by atoms with Gasteiger partial charge >= 0.3 is 0 Å². The van der Waals surface area contributed by atoms with Crippen LogP contribution in [0, 0.1) is 11.3 Å². The van der Waals surface area contributed by atoms with E-state index in [1.165, 1.54) is 11.3 Å². The summed E-state index contributed by atoms with van der Waals surface area (Å²) in [6, 6.07) is 2.08. The Labute approximate surface area is 117 Å². The Bertz CT molecular complexity index is 434. The molecule has 1 rings (SSSR count). The van der Waals surface area contributed by atoms with E-state index in [0.717, 1.165) is 5.00 Å². The van der Waals surface area contributed by atoms with Crippen molar-refractivity contribution in [2.45, 2.75) is 0 Å². The highest BCUT2D eigenvalue weighted by Gasteiger charge is 2.21. The van der Waals surface area contributed by atoms with Crippen LogP contribution in [-0.2, 0) is 9.47 Å². The summed E-state index contributed by atoms with van der Waals surface area (Å²) in [5, 5.41) is 9.88. The van der Waals surface area contributed by atoms with Crippen molar-refractivity contribution in [1.29, 1.82) is 5.26 Å². The first-order chi connectivity index (χ1) is 9.19. The van der Waals surface area contributed by atoms with Crippen LogP contribution in [0.3, 0.4) is 0 Å². The Hall–Kier alpha value is -1.49. The summed E-state index contributed by atoms with van der Waals surface area (Å²) in [7, 11) is 4.85. The molecule has 0 spiro atoms. The number of ether oxygens (including phenoxy) is 3. The third-order valence-electron chi connectivity index (χ3n) is 2.61. The Balaban J connectivity index is 3.02. The van der Waals surface area contributed by atoms with Crippen molar-refractivity contribution in [3.8, 4) is 11.8 Å². The minimum atomic E-state index is 0.393. The van der Waals surface area contributed by atoms with Gasteiger partial charge in [0.15, 0.2) is 5.75 Å². The van der Waals surface area contributed by atoms with Gasteiger partial charge in [-0.1, -0.05) is 0 Å². The third kappa shape index (κ3) is 3.73. The van der Waals surface area contributed by atoms with Crippen LogP contribution in [0.25, 0.3) is 0 Å². The molecule has 0 atom stereocenters. The molecule has 0 amide bonds. The van der Waals surface area contributed by atoms with Gasteiger partial charge in [-0.3, -0.25) is 0 Å². The van der Waals surface area contributed by atoms with Crippen molar-refractivity contribution >= 4 is 22.0 Å². The third-order valence-corrected chi connectivity index (χ3v) is 3.76. The molecule has 0 saturated heterocycles. The Morgan fingerprint density at radius 1 is 1.21 bits per heavy atom. The van der Waals surface area contributed by atoms with Crippen LogP contribution in [0.2, 0.25) is 0 Å². The first kappa shape index (κ1) is 15.6. The summed E-state index contributed by atoms with van der Waals surface area (Å²) in [4.78, 5) is 2.51. The lowest BCUT2D eigenvalue weighted by molar-refractivity contribution is 0.190. The van der Waals surface area contributed by atoms with E-state index in [-0.39, 0.29) is 0 Å². The number of nitrogen functional groups attached to an aromatic ring is 1. The standard InChI is InChI=1S/C12H19N3O3S/c1-16-6-4-15(5-7-17-2)12-11(18-3)10(14)9(8-13)19-12/h4-7,14H2,1-3H3. The van der Waals surface area contributed by atoms with Crippen LogP contribution in [0.4, 0.5) is 10.7 Å². The molecule has 0 aliphatic heterocycles. The van der Waals surface area contributed by atoms with E-state index in [0.29, 0.717) is 42.6 Å². The lowest BCUT2D eigenvalue weighted by Gasteiger charge is -2.23. The average Bonchev–Trinajstić information content (AvgIpc) is 2.75. The topological polar surface area (TPSA) is 80.7 Å². The number of anilines is 2. The summed E-state index contributed by atoms with van der Waals surface area (Å²) in [5.41, 5.74) is 6.29. The molecular weight excluding hydrogens is 266 g/mol. The van der Waals surface area contributed by atoms with Gasteiger partial charge in [-0.05, 0) is 0 Å². The van der Waals surface area contributed by atoms with Gasteiger partial charge in [0.05, 0.1) is 20.3 Å². The van der Waals surface area contributed by atoms with Crippen LogP contribution in [0.5, 0.6) is 5.75 Å². The molecule has 1 aromatic heterocycles. The molecule has 2 N–H and O–H groups in total. The Kier molecular flexibility index (Phi) is 6.42. The van der Waals surface area contributed by atoms with E-state index >= 15 is 0 Å². The van der Waals surface area contributed by atoms with Gasteiger partial charge in [-0.2, -0.15) is 5.26 Å². The van der Waals surface area contributed by atoms with Crippen LogP contribution in [-0.4, -0.2) is 47.6 Å². The zero-order valence-corrected chi connectivity index (χ0v) is 12.2. The number of rotatable bonds is 8. The van der Waals surface area contributed by atoms with Crippen molar-refractivity contribution in [2.75, 3.05) is 58.3 Å². The minimum Gasteiger partial charge on any atom is -0.492 e.